The number of ether oxygens (including phenoxy) is 1. The fourth-order valence-electron chi connectivity index (χ4n) is 2.51. The van der Waals surface area contributed by atoms with Gasteiger partial charge >= 0.3 is 0 Å². The highest BCUT2D eigenvalue weighted by Gasteiger charge is 2.36. The molecule has 1 unspecified atom stereocenters. The molecule has 1 heterocycles. The molecular formula is C13H18N2O. The second kappa shape index (κ2) is 3.98. The van der Waals surface area contributed by atoms with Crippen molar-refractivity contribution < 1.29 is 4.74 Å². The van der Waals surface area contributed by atoms with Gasteiger partial charge in [0.2, 0.25) is 0 Å². The van der Waals surface area contributed by atoms with Crippen LogP contribution in [-0.2, 0) is 4.74 Å². The normalized spacial score (nSPS) is 24.6. The van der Waals surface area contributed by atoms with Crippen molar-refractivity contribution in [1.29, 1.82) is 0 Å². The zero-order chi connectivity index (χ0) is 11.0. The predicted molar refractivity (Wildman–Crippen MR) is 65.6 cm³/mol. The van der Waals surface area contributed by atoms with E-state index in [1.807, 2.05) is 12.1 Å². The molecule has 3 heteroatoms. The van der Waals surface area contributed by atoms with Gasteiger partial charge in [-0.15, -0.1) is 0 Å². The third kappa shape index (κ3) is 1.76. The van der Waals surface area contributed by atoms with Crippen molar-refractivity contribution in [3.05, 3.63) is 24.3 Å². The van der Waals surface area contributed by atoms with Crippen molar-refractivity contribution in [2.75, 3.05) is 23.8 Å². The number of anilines is 2. The Morgan fingerprint density at radius 1 is 1.12 bits per heavy atom. The van der Waals surface area contributed by atoms with Gasteiger partial charge < -0.3 is 15.4 Å². The molecule has 16 heavy (non-hydrogen) atoms. The minimum atomic E-state index is 0.525. The first-order valence-corrected chi connectivity index (χ1v) is 6.07. The molecule has 3 nitrogen and oxygen atoms in total. The molecule has 2 aliphatic rings. The molecule has 1 saturated heterocycles. The van der Waals surface area contributed by atoms with Crippen molar-refractivity contribution in [1.82, 2.24) is 0 Å². The number of nitrogen functional groups attached to an aromatic ring is 1. The molecule has 0 aromatic heterocycles. The van der Waals surface area contributed by atoms with E-state index in [0.29, 0.717) is 12.1 Å². The van der Waals surface area contributed by atoms with Crippen LogP contribution in [-0.4, -0.2) is 25.3 Å². The number of nitrogens with zero attached hydrogens (tertiary/aromatic N) is 1. The van der Waals surface area contributed by atoms with Crippen LogP contribution in [0, 0.1) is 0 Å². The van der Waals surface area contributed by atoms with Gasteiger partial charge in [-0.3, -0.25) is 0 Å². The Morgan fingerprint density at radius 2 is 1.94 bits per heavy atom. The predicted octanol–water partition coefficient (Wildman–Crippen LogP) is 2.03. The molecule has 0 bridgehead atoms. The van der Waals surface area contributed by atoms with Gasteiger partial charge in [0.1, 0.15) is 0 Å². The van der Waals surface area contributed by atoms with Crippen molar-refractivity contribution in [3.63, 3.8) is 0 Å². The van der Waals surface area contributed by atoms with E-state index in [9.17, 15) is 0 Å². The summed E-state index contributed by atoms with van der Waals surface area (Å²) in [5.74, 6) is 0. The third-order valence-electron chi connectivity index (χ3n) is 3.45. The highest BCUT2D eigenvalue weighted by atomic mass is 16.5. The van der Waals surface area contributed by atoms with Crippen LogP contribution >= 0.6 is 0 Å². The summed E-state index contributed by atoms with van der Waals surface area (Å²) in [4.78, 5) is 2.49. The first-order chi connectivity index (χ1) is 7.86. The molecule has 1 atom stereocenters. The van der Waals surface area contributed by atoms with E-state index in [4.69, 9.17) is 10.5 Å². The SMILES string of the molecule is Nc1ccccc1N(C1CC1)C1CCOC1. The molecule has 0 radical (unpaired) electrons. The fourth-order valence-corrected chi connectivity index (χ4v) is 2.51. The van der Waals surface area contributed by atoms with Crippen LogP contribution < -0.4 is 10.6 Å². The molecule has 0 amide bonds. The van der Waals surface area contributed by atoms with Gasteiger partial charge in [0.05, 0.1) is 24.0 Å². The number of rotatable bonds is 3. The zero-order valence-electron chi connectivity index (χ0n) is 9.43. The van der Waals surface area contributed by atoms with Crippen LogP contribution in [0.4, 0.5) is 11.4 Å². The standard InChI is InChI=1S/C13H18N2O/c14-12-3-1-2-4-13(12)15(10-5-6-10)11-7-8-16-9-11/h1-4,10-11H,5-9,14H2. The first kappa shape index (κ1) is 9.97. The molecular weight excluding hydrogens is 200 g/mol. The van der Waals surface area contributed by atoms with Crippen LogP contribution in [0.5, 0.6) is 0 Å². The van der Waals surface area contributed by atoms with Crippen LogP contribution in [0.2, 0.25) is 0 Å². The summed E-state index contributed by atoms with van der Waals surface area (Å²) in [6, 6.07) is 9.40. The lowest BCUT2D eigenvalue weighted by atomic mass is 10.1. The van der Waals surface area contributed by atoms with Crippen molar-refractivity contribution in [2.24, 2.45) is 0 Å². The van der Waals surface area contributed by atoms with Gasteiger partial charge in [0.15, 0.2) is 0 Å². The van der Waals surface area contributed by atoms with Crippen molar-refractivity contribution in [3.8, 4) is 0 Å². The smallest absolute Gasteiger partial charge is 0.0671 e. The van der Waals surface area contributed by atoms with Gasteiger partial charge in [-0.25, -0.2) is 0 Å². The molecule has 1 aliphatic carbocycles. The quantitative estimate of drug-likeness (QED) is 0.789. The Labute approximate surface area is 96.2 Å². The van der Waals surface area contributed by atoms with Gasteiger partial charge in [-0.1, -0.05) is 12.1 Å². The summed E-state index contributed by atoms with van der Waals surface area (Å²) >= 11 is 0. The van der Waals surface area contributed by atoms with Crippen molar-refractivity contribution in [2.45, 2.75) is 31.3 Å². The van der Waals surface area contributed by atoms with Crippen LogP contribution in [0.3, 0.4) is 0 Å². The Morgan fingerprint density at radius 3 is 2.56 bits per heavy atom. The number of nitrogens with two attached hydrogens (primary N) is 1. The average Bonchev–Trinajstić information content (AvgIpc) is 2.97. The Balaban J connectivity index is 1.90. The maximum atomic E-state index is 6.07. The lowest BCUT2D eigenvalue weighted by Gasteiger charge is -2.31. The fraction of sp³-hybridized carbons (Fsp3) is 0.538. The Kier molecular flexibility index (Phi) is 2.48. The van der Waals surface area contributed by atoms with E-state index in [1.165, 1.54) is 18.5 Å². The second-order valence-electron chi connectivity index (χ2n) is 4.71. The van der Waals surface area contributed by atoms with E-state index in [2.05, 4.69) is 17.0 Å². The maximum Gasteiger partial charge on any atom is 0.0671 e. The number of hydrogen-bond donors (Lipinski definition) is 1. The molecule has 1 aromatic rings. The molecule has 1 aliphatic heterocycles. The summed E-state index contributed by atoms with van der Waals surface area (Å²) in [5.41, 5.74) is 8.16. The molecule has 2 fully saturated rings. The summed E-state index contributed by atoms with van der Waals surface area (Å²) in [5, 5.41) is 0. The lowest BCUT2D eigenvalue weighted by Crippen LogP contribution is -2.38. The molecule has 1 saturated carbocycles. The maximum absolute atomic E-state index is 6.07. The number of hydrogen-bond acceptors (Lipinski definition) is 3. The summed E-state index contributed by atoms with van der Waals surface area (Å²) in [6.45, 7) is 1.74. The summed E-state index contributed by atoms with van der Waals surface area (Å²) in [6.07, 6.45) is 3.72. The van der Waals surface area contributed by atoms with Crippen molar-refractivity contribution >= 4 is 11.4 Å². The first-order valence-electron chi connectivity index (χ1n) is 6.07. The highest BCUT2D eigenvalue weighted by Crippen LogP contribution is 2.37. The number of benzene rings is 1. The number of para-hydroxylation sites is 2. The largest absolute Gasteiger partial charge is 0.397 e. The van der Waals surface area contributed by atoms with E-state index < -0.39 is 0 Å². The summed E-state index contributed by atoms with van der Waals surface area (Å²) < 4.78 is 5.49. The minimum Gasteiger partial charge on any atom is -0.397 e. The molecule has 86 valence electrons. The van der Waals surface area contributed by atoms with E-state index >= 15 is 0 Å². The topological polar surface area (TPSA) is 38.5 Å². The van der Waals surface area contributed by atoms with Gasteiger partial charge in [-0.2, -0.15) is 0 Å². The van der Waals surface area contributed by atoms with Crippen LogP contribution in [0.25, 0.3) is 0 Å². The van der Waals surface area contributed by atoms with Gasteiger partial charge in [-0.05, 0) is 31.4 Å². The van der Waals surface area contributed by atoms with E-state index in [-0.39, 0.29) is 0 Å². The Bertz CT molecular complexity index is 370. The molecule has 0 spiro atoms. The lowest BCUT2D eigenvalue weighted by molar-refractivity contribution is 0.193. The molecule has 2 N–H and O–H groups in total. The molecule has 3 rings (SSSR count). The van der Waals surface area contributed by atoms with Crippen LogP contribution in [0.1, 0.15) is 19.3 Å². The third-order valence-corrected chi connectivity index (χ3v) is 3.45. The second-order valence-corrected chi connectivity index (χ2v) is 4.71. The van der Waals surface area contributed by atoms with Gasteiger partial charge in [0.25, 0.3) is 0 Å². The zero-order valence-corrected chi connectivity index (χ0v) is 9.43. The summed E-state index contributed by atoms with van der Waals surface area (Å²) in [7, 11) is 0. The highest BCUT2D eigenvalue weighted by molar-refractivity contribution is 5.68. The monoisotopic (exact) mass is 218 g/mol. The van der Waals surface area contributed by atoms with Crippen LogP contribution in [0.15, 0.2) is 24.3 Å². The van der Waals surface area contributed by atoms with E-state index in [0.717, 1.165) is 25.3 Å². The minimum absolute atomic E-state index is 0.525. The van der Waals surface area contributed by atoms with Gasteiger partial charge in [0, 0.05) is 12.6 Å². The average molecular weight is 218 g/mol. The van der Waals surface area contributed by atoms with E-state index in [1.54, 1.807) is 0 Å². The Hall–Kier alpha value is -1.22. The molecule has 1 aromatic carbocycles.